The average Bonchev–Trinajstić information content (AvgIpc) is 2.28. The molecule has 0 radical (unpaired) electrons. The molecule has 0 amide bonds. The highest BCUT2D eigenvalue weighted by molar-refractivity contribution is 8.04. The summed E-state index contributed by atoms with van der Waals surface area (Å²) >= 11 is 1.67. The highest BCUT2D eigenvalue weighted by Crippen LogP contribution is 2.33. The Hall–Kier alpha value is -0.730. The van der Waals surface area contributed by atoms with E-state index in [0.717, 1.165) is 0 Å². The van der Waals surface area contributed by atoms with Crippen molar-refractivity contribution in [2.24, 2.45) is 11.3 Å². The van der Waals surface area contributed by atoms with Crippen molar-refractivity contribution in [1.29, 1.82) is 0 Å². The Morgan fingerprint density at radius 2 is 1.94 bits per heavy atom. The summed E-state index contributed by atoms with van der Waals surface area (Å²) in [4.78, 5) is 0. The number of thioether (sulfide) groups is 1. The normalized spacial score (nSPS) is 17.0. The molecule has 0 saturated heterocycles. The van der Waals surface area contributed by atoms with Gasteiger partial charge in [0.05, 0.1) is 0 Å². The van der Waals surface area contributed by atoms with Crippen LogP contribution in [-0.2, 0) is 0 Å². The Balaban J connectivity index is 2.86. The summed E-state index contributed by atoms with van der Waals surface area (Å²) < 4.78 is 0. The molecule has 17 heavy (non-hydrogen) atoms. The quantitative estimate of drug-likeness (QED) is 0.359. The van der Waals surface area contributed by atoms with Crippen molar-refractivity contribution in [3.63, 3.8) is 0 Å². The number of likely N-dealkylation sites (N-methyl/N-ethyl adjacent to an activating group) is 1. The summed E-state index contributed by atoms with van der Waals surface area (Å²) in [6, 6.07) is 0. The zero-order valence-electron chi connectivity index (χ0n) is 11.3. The standard InChI is InChI=1S/C14H22N2S/c1-13(2,12-7-6-10-17-11-12)8-9-14(3,4)16(5)15/h7-11H,15H2,1-5H3. The molecule has 0 saturated carbocycles. The molecule has 1 heterocycles. The number of hydrazine groups is 1. The molecule has 0 bridgehead atoms. The van der Waals surface area contributed by atoms with Crippen molar-refractivity contribution in [2.45, 2.75) is 33.2 Å². The van der Waals surface area contributed by atoms with Crippen LogP contribution in [0.5, 0.6) is 0 Å². The summed E-state index contributed by atoms with van der Waals surface area (Å²) in [5.41, 5.74) is 4.27. The first-order valence-electron chi connectivity index (χ1n) is 5.72. The van der Waals surface area contributed by atoms with Gasteiger partial charge in [0.15, 0.2) is 0 Å². The van der Waals surface area contributed by atoms with Crippen LogP contribution < -0.4 is 5.84 Å². The monoisotopic (exact) mass is 250 g/mol. The van der Waals surface area contributed by atoms with Gasteiger partial charge >= 0.3 is 0 Å². The van der Waals surface area contributed by atoms with Crippen molar-refractivity contribution in [3.05, 3.63) is 40.3 Å². The Morgan fingerprint density at radius 1 is 1.29 bits per heavy atom. The number of allylic oxidation sites excluding steroid dienone is 3. The molecule has 0 unspecified atom stereocenters. The summed E-state index contributed by atoms with van der Waals surface area (Å²) in [6.45, 7) is 8.59. The molecule has 0 spiro atoms. The second-order valence-corrected chi connectivity index (χ2v) is 6.20. The van der Waals surface area contributed by atoms with E-state index in [0.29, 0.717) is 0 Å². The SMILES string of the molecule is CN(N)C(C)(C)C=CC(C)(C)C1=CSC=C=C1. The largest absolute Gasteiger partial charge is 0.268 e. The van der Waals surface area contributed by atoms with Gasteiger partial charge < -0.3 is 0 Å². The summed E-state index contributed by atoms with van der Waals surface area (Å²) in [5.74, 6) is 5.82. The molecule has 0 aliphatic carbocycles. The van der Waals surface area contributed by atoms with Gasteiger partial charge in [0.1, 0.15) is 0 Å². The molecule has 3 heteroatoms. The lowest BCUT2D eigenvalue weighted by atomic mass is 9.83. The maximum atomic E-state index is 5.82. The third kappa shape index (κ3) is 3.90. The molecule has 0 aromatic heterocycles. The molecule has 0 aromatic carbocycles. The maximum Gasteiger partial charge on any atom is 0.0471 e. The third-order valence-electron chi connectivity index (χ3n) is 3.13. The third-order valence-corrected chi connectivity index (χ3v) is 3.79. The van der Waals surface area contributed by atoms with Crippen LogP contribution in [-0.4, -0.2) is 17.6 Å². The van der Waals surface area contributed by atoms with Gasteiger partial charge in [-0.1, -0.05) is 37.8 Å². The van der Waals surface area contributed by atoms with Gasteiger partial charge in [-0.25, -0.2) is 5.01 Å². The van der Waals surface area contributed by atoms with Crippen molar-refractivity contribution in [3.8, 4) is 0 Å². The van der Waals surface area contributed by atoms with E-state index < -0.39 is 0 Å². The zero-order chi connectivity index (χ0) is 13.1. The Labute approximate surface area is 109 Å². The Bertz CT molecular complexity index is 394. The minimum atomic E-state index is -0.140. The van der Waals surface area contributed by atoms with E-state index in [-0.39, 0.29) is 11.0 Å². The van der Waals surface area contributed by atoms with E-state index in [2.05, 4.69) is 51.0 Å². The van der Waals surface area contributed by atoms with Crippen molar-refractivity contribution < 1.29 is 0 Å². The lowest BCUT2D eigenvalue weighted by Crippen LogP contribution is -2.44. The van der Waals surface area contributed by atoms with Crippen LogP contribution >= 0.6 is 11.8 Å². The van der Waals surface area contributed by atoms with Crippen LogP contribution in [0.3, 0.4) is 0 Å². The fourth-order valence-corrected chi connectivity index (χ4v) is 2.00. The van der Waals surface area contributed by atoms with Gasteiger partial charge in [-0.3, -0.25) is 5.84 Å². The van der Waals surface area contributed by atoms with E-state index in [1.54, 1.807) is 16.8 Å². The zero-order valence-corrected chi connectivity index (χ0v) is 12.1. The van der Waals surface area contributed by atoms with Crippen LogP contribution in [0, 0.1) is 5.41 Å². The molecule has 1 aliphatic rings. The molecular weight excluding hydrogens is 228 g/mol. The summed E-state index contributed by atoms with van der Waals surface area (Å²) in [6.07, 6.45) is 6.41. The average molecular weight is 250 g/mol. The van der Waals surface area contributed by atoms with Gasteiger partial charge in [-0.05, 0) is 30.9 Å². The van der Waals surface area contributed by atoms with E-state index >= 15 is 0 Å². The molecule has 2 nitrogen and oxygen atoms in total. The molecular formula is C14H22N2S. The first kappa shape index (κ1) is 14.3. The number of nitrogens with zero attached hydrogens (tertiary/aromatic N) is 1. The Kier molecular flexibility index (Phi) is 4.45. The van der Waals surface area contributed by atoms with Crippen LogP contribution in [0.15, 0.2) is 40.3 Å². The number of hydrogen-bond acceptors (Lipinski definition) is 3. The van der Waals surface area contributed by atoms with Gasteiger partial charge in [0.2, 0.25) is 0 Å². The summed E-state index contributed by atoms with van der Waals surface area (Å²) in [7, 11) is 1.88. The van der Waals surface area contributed by atoms with E-state index in [1.807, 2.05) is 18.5 Å². The number of nitrogens with two attached hydrogens (primary N) is 1. The van der Waals surface area contributed by atoms with Crippen molar-refractivity contribution >= 4 is 11.8 Å². The second kappa shape index (κ2) is 5.28. The number of rotatable bonds is 4. The van der Waals surface area contributed by atoms with Crippen molar-refractivity contribution in [1.82, 2.24) is 5.01 Å². The van der Waals surface area contributed by atoms with Gasteiger partial charge in [0.25, 0.3) is 0 Å². The maximum absolute atomic E-state index is 5.82. The van der Waals surface area contributed by atoms with Crippen LogP contribution in [0.4, 0.5) is 0 Å². The van der Waals surface area contributed by atoms with Crippen molar-refractivity contribution in [2.75, 3.05) is 7.05 Å². The van der Waals surface area contributed by atoms with Crippen LogP contribution in [0.25, 0.3) is 0 Å². The molecule has 94 valence electrons. The lowest BCUT2D eigenvalue weighted by molar-refractivity contribution is 0.208. The fraction of sp³-hybridized carbons (Fsp3) is 0.500. The topological polar surface area (TPSA) is 29.3 Å². The molecule has 0 aromatic rings. The minimum absolute atomic E-state index is 0.00153. The molecule has 2 N–H and O–H groups in total. The van der Waals surface area contributed by atoms with E-state index in [9.17, 15) is 0 Å². The fourth-order valence-electron chi connectivity index (χ4n) is 1.27. The first-order chi connectivity index (χ1) is 7.76. The van der Waals surface area contributed by atoms with Gasteiger partial charge in [0, 0.05) is 23.4 Å². The minimum Gasteiger partial charge on any atom is -0.268 e. The molecule has 0 atom stereocenters. The van der Waals surface area contributed by atoms with Gasteiger partial charge in [-0.15, -0.1) is 5.73 Å². The first-order valence-corrected chi connectivity index (χ1v) is 6.66. The predicted octanol–water partition coefficient (Wildman–Crippen LogP) is 3.45. The lowest BCUT2D eigenvalue weighted by Gasteiger charge is -2.31. The van der Waals surface area contributed by atoms with Gasteiger partial charge in [-0.2, -0.15) is 0 Å². The molecule has 1 aliphatic heterocycles. The smallest absolute Gasteiger partial charge is 0.0471 e. The highest BCUT2D eigenvalue weighted by atomic mass is 32.2. The Morgan fingerprint density at radius 3 is 2.41 bits per heavy atom. The van der Waals surface area contributed by atoms with E-state index in [1.165, 1.54) is 5.57 Å². The van der Waals surface area contributed by atoms with Crippen LogP contribution in [0.1, 0.15) is 27.7 Å². The predicted molar refractivity (Wildman–Crippen MR) is 77.3 cm³/mol. The molecule has 0 fully saturated rings. The van der Waals surface area contributed by atoms with E-state index in [4.69, 9.17) is 5.84 Å². The van der Waals surface area contributed by atoms with Crippen LogP contribution in [0.2, 0.25) is 0 Å². The summed E-state index contributed by atoms with van der Waals surface area (Å²) in [5, 5.41) is 5.85. The highest BCUT2D eigenvalue weighted by Gasteiger charge is 2.22. The number of hydrogen-bond donors (Lipinski definition) is 1. The second-order valence-electron chi connectivity index (χ2n) is 5.46. The molecule has 1 rings (SSSR count).